The van der Waals surface area contributed by atoms with Crippen molar-refractivity contribution in [2.24, 2.45) is 0 Å². The number of piperidine rings is 1. The van der Waals surface area contributed by atoms with E-state index in [0.29, 0.717) is 30.3 Å². The lowest BCUT2D eigenvalue weighted by molar-refractivity contribution is 0.0712. The molecular formula is C19H20N6O2. The number of nitrogens with zero attached hydrogens (tertiary/aromatic N) is 4. The number of nitrogens with one attached hydrogen (secondary N) is 2. The fourth-order valence-corrected chi connectivity index (χ4v) is 3.52. The van der Waals surface area contributed by atoms with Crippen molar-refractivity contribution in [2.45, 2.75) is 25.7 Å². The average molecular weight is 364 g/mol. The van der Waals surface area contributed by atoms with E-state index in [0.717, 1.165) is 24.1 Å². The summed E-state index contributed by atoms with van der Waals surface area (Å²) in [6, 6.07) is 8.95. The molecule has 0 saturated carbocycles. The number of aryl methyl sites for hydroxylation is 1. The molecule has 3 aromatic rings. The maximum Gasteiger partial charge on any atom is 0.253 e. The number of aromatic nitrogens is 5. The number of likely N-dealkylation sites (tertiary alicyclic amines) is 1. The van der Waals surface area contributed by atoms with Gasteiger partial charge in [-0.2, -0.15) is 5.10 Å². The van der Waals surface area contributed by atoms with Crippen LogP contribution in [0.1, 0.15) is 40.6 Å². The number of hydrogen-bond donors (Lipinski definition) is 2. The molecule has 2 aromatic heterocycles. The normalized spacial score (nSPS) is 15.1. The lowest BCUT2D eigenvalue weighted by Crippen LogP contribution is -2.38. The van der Waals surface area contributed by atoms with E-state index in [1.54, 1.807) is 13.0 Å². The van der Waals surface area contributed by atoms with Crippen molar-refractivity contribution in [3.8, 4) is 11.4 Å². The number of aromatic amines is 2. The zero-order valence-electron chi connectivity index (χ0n) is 15.0. The van der Waals surface area contributed by atoms with Crippen LogP contribution in [0.4, 0.5) is 0 Å². The Labute approximate surface area is 155 Å². The highest BCUT2D eigenvalue weighted by atomic mass is 16.2. The van der Waals surface area contributed by atoms with Gasteiger partial charge in [-0.25, -0.2) is 9.97 Å². The highest BCUT2D eigenvalue weighted by molar-refractivity contribution is 5.95. The summed E-state index contributed by atoms with van der Waals surface area (Å²) in [5.74, 6) is 1.47. The Kier molecular flexibility index (Phi) is 4.53. The number of rotatable bonds is 3. The van der Waals surface area contributed by atoms with Crippen LogP contribution in [0.5, 0.6) is 0 Å². The van der Waals surface area contributed by atoms with E-state index < -0.39 is 0 Å². The quantitative estimate of drug-likeness (QED) is 0.738. The van der Waals surface area contributed by atoms with Crippen LogP contribution >= 0.6 is 0 Å². The van der Waals surface area contributed by atoms with Gasteiger partial charge in [-0.05, 0) is 31.9 Å². The van der Waals surface area contributed by atoms with Crippen molar-refractivity contribution in [1.29, 1.82) is 0 Å². The highest BCUT2D eigenvalue weighted by Gasteiger charge is 2.26. The first kappa shape index (κ1) is 17.1. The Morgan fingerprint density at radius 3 is 2.74 bits per heavy atom. The lowest BCUT2D eigenvalue weighted by atomic mass is 9.93. The van der Waals surface area contributed by atoms with Crippen molar-refractivity contribution in [3.63, 3.8) is 0 Å². The topological polar surface area (TPSA) is 108 Å². The predicted octanol–water partition coefficient (Wildman–Crippen LogP) is 1.88. The van der Waals surface area contributed by atoms with Gasteiger partial charge in [0.1, 0.15) is 12.2 Å². The molecule has 4 rings (SSSR count). The number of carbonyl (C=O) groups is 1. The second-order valence-electron chi connectivity index (χ2n) is 6.74. The standard InChI is InChI=1S/C19H20N6O2/c1-12-22-16(10-17(26)23-12)13-5-7-25(8-6-13)19(27)15-4-2-3-14(9-15)18-20-11-21-24-18/h2-4,9-11,13H,5-8H2,1H3,(H,20,21,24)(H,22,23,26). The van der Waals surface area contributed by atoms with Crippen LogP contribution in [0.15, 0.2) is 41.5 Å². The number of benzene rings is 1. The molecular weight excluding hydrogens is 344 g/mol. The summed E-state index contributed by atoms with van der Waals surface area (Å²) in [6.07, 6.45) is 3.03. The lowest BCUT2D eigenvalue weighted by Gasteiger charge is -2.31. The molecule has 1 aliphatic heterocycles. The summed E-state index contributed by atoms with van der Waals surface area (Å²) in [4.78, 5) is 37.7. The van der Waals surface area contributed by atoms with Crippen LogP contribution < -0.4 is 5.56 Å². The SMILES string of the molecule is Cc1nc(C2CCN(C(=O)c3cccc(-c4ncn[nH]4)c3)CC2)cc(=O)[nH]1. The summed E-state index contributed by atoms with van der Waals surface area (Å²) in [6.45, 7) is 3.07. The molecule has 3 heterocycles. The van der Waals surface area contributed by atoms with Gasteiger partial charge in [0.2, 0.25) is 0 Å². The van der Waals surface area contributed by atoms with Gasteiger partial charge in [-0.3, -0.25) is 14.7 Å². The number of carbonyl (C=O) groups excluding carboxylic acids is 1. The fraction of sp³-hybridized carbons (Fsp3) is 0.316. The molecule has 2 N–H and O–H groups in total. The zero-order valence-corrected chi connectivity index (χ0v) is 15.0. The summed E-state index contributed by atoms with van der Waals surface area (Å²) >= 11 is 0. The van der Waals surface area contributed by atoms with Gasteiger partial charge in [0.15, 0.2) is 5.82 Å². The Morgan fingerprint density at radius 1 is 1.22 bits per heavy atom. The van der Waals surface area contributed by atoms with E-state index in [4.69, 9.17) is 0 Å². The molecule has 8 heteroatoms. The van der Waals surface area contributed by atoms with Gasteiger partial charge >= 0.3 is 0 Å². The minimum absolute atomic E-state index is 0.00450. The predicted molar refractivity (Wildman–Crippen MR) is 99.3 cm³/mol. The Hall–Kier alpha value is -3.29. The van der Waals surface area contributed by atoms with Crippen molar-refractivity contribution in [1.82, 2.24) is 30.0 Å². The molecule has 0 spiro atoms. The van der Waals surface area contributed by atoms with Crippen LogP contribution in [0.2, 0.25) is 0 Å². The summed E-state index contributed by atoms with van der Waals surface area (Å²) in [7, 11) is 0. The van der Waals surface area contributed by atoms with Crippen LogP contribution in [-0.4, -0.2) is 49.0 Å². The van der Waals surface area contributed by atoms with Crippen molar-refractivity contribution in [2.75, 3.05) is 13.1 Å². The molecule has 8 nitrogen and oxygen atoms in total. The van der Waals surface area contributed by atoms with E-state index >= 15 is 0 Å². The molecule has 0 atom stereocenters. The van der Waals surface area contributed by atoms with Crippen LogP contribution in [0.25, 0.3) is 11.4 Å². The van der Waals surface area contributed by atoms with Crippen molar-refractivity contribution < 1.29 is 4.79 Å². The third kappa shape index (κ3) is 3.64. The maximum atomic E-state index is 12.9. The molecule has 0 radical (unpaired) electrons. The molecule has 27 heavy (non-hydrogen) atoms. The van der Waals surface area contributed by atoms with Crippen molar-refractivity contribution in [3.05, 3.63) is 64.1 Å². The molecule has 138 valence electrons. The fourth-order valence-electron chi connectivity index (χ4n) is 3.52. The second kappa shape index (κ2) is 7.14. The van der Waals surface area contributed by atoms with Crippen LogP contribution in [0.3, 0.4) is 0 Å². The first-order valence-electron chi connectivity index (χ1n) is 8.93. The monoisotopic (exact) mass is 364 g/mol. The first-order chi connectivity index (χ1) is 13.1. The Morgan fingerprint density at radius 2 is 2.04 bits per heavy atom. The van der Waals surface area contributed by atoms with E-state index in [1.165, 1.54) is 6.33 Å². The molecule has 1 aromatic carbocycles. The van der Waals surface area contributed by atoms with Crippen LogP contribution in [-0.2, 0) is 0 Å². The number of H-pyrrole nitrogens is 2. The molecule has 1 aliphatic rings. The van der Waals surface area contributed by atoms with E-state index in [9.17, 15) is 9.59 Å². The Bertz CT molecular complexity index is 1000. The second-order valence-corrected chi connectivity index (χ2v) is 6.74. The van der Waals surface area contributed by atoms with E-state index in [1.807, 2.05) is 29.2 Å². The van der Waals surface area contributed by atoms with Gasteiger partial charge < -0.3 is 9.88 Å². The van der Waals surface area contributed by atoms with E-state index in [2.05, 4.69) is 25.1 Å². The summed E-state index contributed by atoms with van der Waals surface area (Å²) < 4.78 is 0. The highest BCUT2D eigenvalue weighted by Crippen LogP contribution is 2.27. The molecule has 1 fully saturated rings. The third-order valence-corrected chi connectivity index (χ3v) is 4.88. The Balaban J connectivity index is 1.46. The summed E-state index contributed by atoms with van der Waals surface area (Å²) in [5, 5.41) is 6.66. The third-order valence-electron chi connectivity index (χ3n) is 4.88. The van der Waals surface area contributed by atoms with Gasteiger partial charge in [0.25, 0.3) is 11.5 Å². The van der Waals surface area contributed by atoms with Crippen LogP contribution in [0, 0.1) is 6.92 Å². The zero-order chi connectivity index (χ0) is 18.8. The minimum atomic E-state index is -0.125. The molecule has 1 amide bonds. The number of hydrogen-bond acceptors (Lipinski definition) is 5. The van der Waals surface area contributed by atoms with Gasteiger partial charge in [0.05, 0.1) is 5.69 Å². The first-order valence-corrected chi connectivity index (χ1v) is 8.93. The minimum Gasteiger partial charge on any atom is -0.339 e. The van der Waals surface area contributed by atoms with Gasteiger partial charge in [-0.15, -0.1) is 0 Å². The maximum absolute atomic E-state index is 12.9. The van der Waals surface area contributed by atoms with Gasteiger partial charge in [-0.1, -0.05) is 12.1 Å². The molecule has 0 bridgehead atoms. The average Bonchev–Trinajstić information content (AvgIpc) is 3.22. The summed E-state index contributed by atoms with van der Waals surface area (Å²) in [5.41, 5.74) is 2.15. The molecule has 0 aliphatic carbocycles. The van der Waals surface area contributed by atoms with Crippen molar-refractivity contribution >= 4 is 5.91 Å². The number of amides is 1. The molecule has 0 unspecified atom stereocenters. The van der Waals surface area contributed by atoms with Gasteiger partial charge in [0, 0.05) is 36.2 Å². The largest absolute Gasteiger partial charge is 0.339 e. The smallest absolute Gasteiger partial charge is 0.253 e. The molecule has 1 saturated heterocycles. The van der Waals surface area contributed by atoms with E-state index in [-0.39, 0.29) is 17.4 Å².